The van der Waals surface area contributed by atoms with Crippen LogP contribution < -0.4 is 10.6 Å². The van der Waals surface area contributed by atoms with Gasteiger partial charge in [-0.15, -0.1) is 0 Å². The summed E-state index contributed by atoms with van der Waals surface area (Å²) < 4.78 is 0. The van der Waals surface area contributed by atoms with Crippen molar-refractivity contribution in [1.82, 2.24) is 10.6 Å². The molecule has 1 heterocycles. The summed E-state index contributed by atoms with van der Waals surface area (Å²) in [4.78, 5) is 12.2. The Morgan fingerprint density at radius 1 is 1.41 bits per heavy atom. The Balaban J connectivity index is 1.61. The lowest BCUT2D eigenvalue weighted by Gasteiger charge is -2.23. The van der Waals surface area contributed by atoms with Crippen LogP contribution in [0.4, 0.5) is 4.79 Å². The summed E-state index contributed by atoms with van der Waals surface area (Å²) in [6.07, 6.45) is 1.65. The van der Waals surface area contributed by atoms with E-state index in [-0.39, 0.29) is 17.5 Å². The molecule has 2 aliphatic rings. The van der Waals surface area contributed by atoms with Crippen LogP contribution in [0.1, 0.15) is 43.9 Å². The lowest BCUT2D eigenvalue weighted by molar-refractivity contribution is 0.0698. The Labute approximate surface area is 136 Å². The molecule has 0 aromatic heterocycles. The predicted molar refractivity (Wildman–Crippen MR) is 90.3 cm³/mol. The molecule has 1 saturated heterocycles. The van der Waals surface area contributed by atoms with Crippen LogP contribution in [0.5, 0.6) is 0 Å². The smallest absolute Gasteiger partial charge is 0.315 e. The molecule has 3 rings (SSSR count). The first-order valence-corrected chi connectivity index (χ1v) is 8.99. The maximum absolute atomic E-state index is 12.2. The van der Waals surface area contributed by atoms with Crippen molar-refractivity contribution in [2.75, 3.05) is 18.1 Å². The minimum absolute atomic E-state index is 0.0406. The van der Waals surface area contributed by atoms with Gasteiger partial charge >= 0.3 is 6.03 Å². The maximum atomic E-state index is 12.2. The molecule has 0 bridgehead atoms. The van der Waals surface area contributed by atoms with Gasteiger partial charge < -0.3 is 15.7 Å². The average Bonchev–Trinajstić information content (AvgIpc) is 3.01. The number of hydrogen-bond donors (Lipinski definition) is 3. The Morgan fingerprint density at radius 3 is 2.91 bits per heavy atom. The summed E-state index contributed by atoms with van der Waals surface area (Å²) in [6, 6.07) is 8.16. The van der Waals surface area contributed by atoms with Gasteiger partial charge in [0.2, 0.25) is 0 Å². The van der Waals surface area contributed by atoms with Crippen molar-refractivity contribution in [3.05, 3.63) is 35.4 Å². The SMILES string of the molecule is CC1(C)CC(NC(=O)NCC2(O)CCSC2)c2ccccc21. The Kier molecular flexibility index (Phi) is 4.12. The van der Waals surface area contributed by atoms with E-state index in [1.807, 2.05) is 6.07 Å². The van der Waals surface area contributed by atoms with Crippen LogP contribution in [0.3, 0.4) is 0 Å². The van der Waals surface area contributed by atoms with Gasteiger partial charge in [-0.3, -0.25) is 0 Å². The lowest BCUT2D eigenvalue weighted by Crippen LogP contribution is -2.47. The highest BCUT2D eigenvalue weighted by molar-refractivity contribution is 7.99. The van der Waals surface area contributed by atoms with Gasteiger partial charge in [-0.25, -0.2) is 4.79 Å². The van der Waals surface area contributed by atoms with E-state index in [9.17, 15) is 9.90 Å². The molecule has 2 unspecified atom stereocenters. The number of benzene rings is 1. The first kappa shape index (κ1) is 15.7. The molecule has 120 valence electrons. The number of rotatable bonds is 3. The number of carbonyl (C=O) groups is 1. The average molecular weight is 320 g/mol. The summed E-state index contributed by atoms with van der Waals surface area (Å²) >= 11 is 1.73. The van der Waals surface area contributed by atoms with E-state index in [4.69, 9.17) is 0 Å². The van der Waals surface area contributed by atoms with Crippen LogP contribution in [-0.4, -0.2) is 34.8 Å². The van der Waals surface area contributed by atoms with Gasteiger partial charge in [-0.05, 0) is 35.1 Å². The molecule has 3 N–H and O–H groups in total. The molecule has 1 aliphatic carbocycles. The molecule has 0 radical (unpaired) electrons. The quantitative estimate of drug-likeness (QED) is 0.802. The maximum Gasteiger partial charge on any atom is 0.315 e. The van der Waals surface area contributed by atoms with Crippen molar-refractivity contribution in [2.24, 2.45) is 0 Å². The fraction of sp³-hybridized carbons (Fsp3) is 0.588. The summed E-state index contributed by atoms with van der Waals surface area (Å²) in [6.45, 7) is 4.75. The van der Waals surface area contributed by atoms with Crippen LogP contribution >= 0.6 is 11.8 Å². The Bertz CT molecular complexity index is 568. The van der Waals surface area contributed by atoms with Crippen molar-refractivity contribution >= 4 is 17.8 Å². The molecule has 0 saturated carbocycles. The van der Waals surface area contributed by atoms with E-state index in [0.717, 1.165) is 18.6 Å². The number of hydrogen-bond acceptors (Lipinski definition) is 3. The molecule has 0 spiro atoms. The molecule has 4 nitrogen and oxygen atoms in total. The zero-order valence-corrected chi connectivity index (χ0v) is 14.0. The van der Waals surface area contributed by atoms with Gasteiger partial charge in [0, 0.05) is 12.3 Å². The first-order chi connectivity index (χ1) is 10.4. The van der Waals surface area contributed by atoms with Crippen molar-refractivity contribution in [3.8, 4) is 0 Å². The Hall–Kier alpha value is -1.20. The highest BCUT2D eigenvalue weighted by Crippen LogP contribution is 2.44. The van der Waals surface area contributed by atoms with Crippen molar-refractivity contribution < 1.29 is 9.90 Å². The highest BCUT2D eigenvalue weighted by Gasteiger charge is 2.37. The Morgan fingerprint density at radius 2 is 2.18 bits per heavy atom. The van der Waals surface area contributed by atoms with Gasteiger partial charge in [0.1, 0.15) is 0 Å². The molecule has 2 amide bonds. The summed E-state index contributed by atoms with van der Waals surface area (Å²) in [7, 11) is 0. The molecule has 1 aliphatic heterocycles. The lowest BCUT2D eigenvalue weighted by atomic mass is 9.86. The van der Waals surface area contributed by atoms with E-state index < -0.39 is 5.60 Å². The van der Waals surface area contributed by atoms with Gasteiger partial charge in [0.05, 0.1) is 11.6 Å². The third kappa shape index (κ3) is 3.10. The van der Waals surface area contributed by atoms with Crippen LogP contribution in [0.2, 0.25) is 0 Å². The summed E-state index contributed by atoms with van der Waals surface area (Å²) in [5, 5.41) is 16.2. The zero-order chi connectivity index (χ0) is 15.8. The number of amides is 2. The second kappa shape index (κ2) is 5.78. The normalized spacial score (nSPS) is 29.1. The number of carbonyl (C=O) groups excluding carboxylic acids is 1. The predicted octanol–water partition coefficient (Wildman–Crippen LogP) is 2.58. The third-order valence-corrected chi connectivity index (χ3v) is 5.98. The molecule has 1 aromatic rings. The number of urea groups is 1. The van der Waals surface area contributed by atoms with Crippen LogP contribution in [0.25, 0.3) is 0 Å². The number of aliphatic hydroxyl groups is 1. The molecule has 1 aromatic carbocycles. The van der Waals surface area contributed by atoms with E-state index in [1.165, 1.54) is 11.1 Å². The number of thioether (sulfide) groups is 1. The fourth-order valence-corrected chi connectivity index (χ4v) is 4.76. The second-order valence-corrected chi connectivity index (χ2v) is 8.19. The zero-order valence-electron chi connectivity index (χ0n) is 13.2. The van der Waals surface area contributed by atoms with E-state index in [2.05, 4.69) is 42.7 Å². The van der Waals surface area contributed by atoms with Gasteiger partial charge in [-0.2, -0.15) is 11.8 Å². The molecule has 1 fully saturated rings. The molecule has 5 heteroatoms. The van der Waals surface area contributed by atoms with Gasteiger partial charge in [0.15, 0.2) is 0 Å². The first-order valence-electron chi connectivity index (χ1n) is 7.84. The number of nitrogens with one attached hydrogen (secondary N) is 2. The minimum atomic E-state index is -0.741. The van der Waals surface area contributed by atoms with Crippen LogP contribution in [-0.2, 0) is 5.41 Å². The van der Waals surface area contributed by atoms with Crippen molar-refractivity contribution in [3.63, 3.8) is 0 Å². The number of fused-ring (bicyclic) bond motifs is 1. The largest absolute Gasteiger partial charge is 0.387 e. The molecule has 2 atom stereocenters. The second-order valence-electron chi connectivity index (χ2n) is 7.08. The molecular formula is C17H24N2O2S. The molecule has 22 heavy (non-hydrogen) atoms. The monoisotopic (exact) mass is 320 g/mol. The van der Waals surface area contributed by atoms with E-state index >= 15 is 0 Å². The highest BCUT2D eigenvalue weighted by atomic mass is 32.2. The standard InChI is InChI=1S/C17H24N2O2S/c1-16(2)9-14(12-5-3-4-6-13(12)16)19-15(20)18-10-17(21)7-8-22-11-17/h3-6,14,21H,7-11H2,1-2H3,(H2,18,19,20). The minimum Gasteiger partial charge on any atom is -0.387 e. The van der Waals surface area contributed by atoms with Gasteiger partial charge in [-0.1, -0.05) is 38.1 Å². The molecular weight excluding hydrogens is 296 g/mol. The van der Waals surface area contributed by atoms with Crippen molar-refractivity contribution in [1.29, 1.82) is 0 Å². The summed E-state index contributed by atoms with van der Waals surface area (Å²) in [5.74, 6) is 1.66. The van der Waals surface area contributed by atoms with E-state index in [0.29, 0.717) is 12.3 Å². The van der Waals surface area contributed by atoms with Crippen LogP contribution in [0, 0.1) is 0 Å². The fourth-order valence-electron chi connectivity index (χ4n) is 3.47. The van der Waals surface area contributed by atoms with Crippen molar-refractivity contribution in [2.45, 2.75) is 43.7 Å². The van der Waals surface area contributed by atoms with Gasteiger partial charge in [0.25, 0.3) is 0 Å². The topological polar surface area (TPSA) is 61.4 Å². The summed E-state index contributed by atoms with van der Waals surface area (Å²) in [5.41, 5.74) is 1.85. The van der Waals surface area contributed by atoms with E-state index in [1.54, 1.807) is 11.8 Å². The van der Waals surface area contributed by atoms with Crippen LogP contribution in [0.15, 0.2) is 24.3 Å². The third-order valence-electron chi connectivity index (χ3n) is 4.75.